The molecule has 5 N–H and O–H groups in total. The molecule has 6 saturated heterocycles. The van der Waals surface area contributed by atoms with Crippen molar-refractivity contribution in [1.82, 2.24) is 71.6 Å². The minimum Gasteiger partial charge on any atom is -0.456 e. The monoisotopic (exact) mass is 2110 g/mol. The molecule has 10 rings (SSSR count). The summed E-state index contributed by atoms with van der Waals surface area (Å²) < 4.78 is 169. The fourth-order valence-electron chi connectivity index (χ4n) is 16.9. The Bertz CT molecular complexity index is 4290. The third-order valence-electron chi connectivity index (χ3n) is 23.4. The Morgan fingerprint density at radius 1 is 0.338 bits per heavy atom. The van der Waals surface area contributed by atoms with Gasteiger partial charge in [0.05, 0.1) is 263 Å². The third-order valence-corrected chi connectivity index (χ3v) is 23.4. The molecule has 53 nitrogen and oxygen atoms in total. The molecule has 830 valence electrons. The fourth-order valence-corrected chi connectivity index (χ4v) is 16.9. The number of hydrogen-bond donors (Lipinski definition) is 5. The number of hydrogen-bond acceptors (Lipinski definition) is 45. The van der Waals surface area contributed by atoms with Gasteiger partial charge in [-0.05, 0) is 31.2 Å². The molecule has 1 aromatic carbocycles. The van der Waals surface area contributed by atoms with Crippen molar-refractivity contribution in [2.75, 3.05) is 211 Å². The van der Waals surface area contributed by atoms with Gasteiger partial charge in [-0.1, -0.05) is 58.8 Å². The van der Waals surface area contributed by atoms with Crippen LogP contribution in [0.5, 0.6) is 0 Å². The topological polar surface area (TPSA) is 598 Å². The van der Waals surface area contributed by atoms with Crippen molar-refractivity contribution < 1.29 is 185 Å². The molecule has 148 heavy (non-hydrogen) atoms. The lowest BCUT2D eigenvalue weighted by Crippen LogP contribution is -2.68. The number of ether oxygens (including phenoxy) is 28. The van der Waals surface area contributed by atoms with Crippen LogP contribution in [0.4, 0.5) is 0 Å². The number of rotatable bonds is 78. The van der Waals surface area contributed by atoms with Gasteiger partial charge in [-0.25, -0.2) is 14.0 Å². The van der Waals surface area contributed by atoms with E-state index in [1.165, 1.54) is 62.3 Å². The normalized spacial score (nSPS) is 23.5. The number of carbonyl (C=O) groups is 11. The highest BCUT2D eigenvalue weighted by Gasteiger charge is 2.67. The van der Waals surface area contributed by atoms with E-state index in [0.717, 1.165) is 24.8 Å². The summed E-state index contributed by atoms with van der Waals surface area (Å²) in [5.74, 6) is -5.60. The first-order valence-corrected chi connectivity index (χ1v) is 49.8. The van der Waals surface area contributed by atoms with Crippen LogP contribution >= 0.6 is 0 Å². The van der Waals surface area contributed by atoms with Crippen LogP contribution in [0.3, 0.4) is 0 Å². The molecule has 6 fully saturated rings. The van der Waals surface area contributed by atoms with Gasteiger partial charge in [0.15, 0.2) is 72.3 Å². The summed E-state index contributed by atoms with van der Waals surface area (Å²) in [4.78, 5) is 137. The van der Waals surface area contributed by atoms with E-state index in [1.54, 1.807) is 32.6 Å². The van der Waals surface area contributed by atoms with Gasteiger partial charge in [-0.2, -0.15) is 0 Å². The minimum atomic E-state index is -1.35. The molecule has 15 atom stereocenters. The summed E-state index contributed by atoms with van der Waals surface area (Å²) in [6, 6.07) is 7.11. The molecule has 0 saturated carbocycles. The average Bonchev–Trinajstić information content (AvgIpc) is 1.59. The highest BCUT2D eigenvalue weighted by molar-refractivity contribution is 5.78. The number of nitrogens with zero attached hydrogens (tertiary/aromatic N) is 9. The standard InChI is InChI=1S/C95H146N14O39/c1-65(110)97-80-83(140-68(4)113)86(143-71(7)116)93(62-137-89(80)146-93)59-131-46-43-127-40-37-124-34-31-121-28-24-107-49-75(101-104-107)53-134-56-92(100-79(120)22-15-11-17-23-96-78(119)21-16-12-18-27-130-52-74-19-13-10-14-20-74,57-135-54-76-50-108(105-102-76)25-29-122-32-35-125-38-41-128-44-47-132-60-94-63-138-90(147-94)81(98-66(2)111)84(141-69(5)114)87(94)144-72(8)117)58-136-55-77-51-109(106-103-77)26-30-123-33-36-126-39-42-129-45-48-133-61-95-64-139-91(148-95)82(99-67(3)112)85(142-70(6)115)88(95)145-73(9)118/h10,13-14,19-20,49-51,80-91H,11-12,15-18,21-48,52-64H2,1-9H3,(H,96,119)(H,97,110)(H,98,111)(H,99,112)(H,100,120)/t80-,81-,82-,83-,84-,85-,86-,87-,88-,89+,90+,91+,93-,94-,95+/m1/s1. The molecular weight excluding hydrogens is 1960 g/mol. The second-order valence-electron chi connectivity index (χ2n) is 36.0. The zero-order valence-corrected chi connectivity index (χ0v) is 85.7. The molecule has 0 unspecified atom stereocenters. The number of benzene rings is 1. The molecule has 53 heteroatoms. The highest BCUT2D eigenvalue weighted by Crippen LogP contribution is 2.44. The highest BCUT2D eigenvalue weighted by atomic mass is 16.8. The molecule has 0 radical (unpaired) electrons. The van der Waals surface area contributed by atoms with Gasteiger partial charge in [-0.15, -0.1) is 15.3 Å². The summed E-state index contributed by atoms with van der Waals surface area (Å²) in [6.45, 7) is 17.3. The van der Waals surface area contributed by atoms with Crippen LogP contribution in [0.15, 0.2) is 48.9 Å². The number of esters is 6. The fraction of sp³-hybridized carbons (Fsp3) is 0.758. The molecular formula is C95H146N14O39. The number of aromatic nitrogens is 9. The zero-order valence-electron chi connectivity index (χ0n) is 85.7. The van der Waals surface area contributed by atoms with Crippen molar-refractivity contribution in [2.45, 2.75) is 256 Å². The number of amides is 5. The van der Waals surface area contributed by atoms with Crippen molar-refractivity contribution in [2.24, 2.45) is 0 Å². The minimum absolute atomic E-state index is 0.0361. The Morgan fingerprint density at radius 2 is 0.642 bits per heavy atom. The van der Waals surface area contributed by atoms with E-state index in [2.05, 4.69) is 57.5 Å². The van der Waals surface area contributed by atoms with E-state index >= 15 is 0 Å². The van der Waals surface area contributed by atoms with Crippen LogP contribution in [0.2, 0.25) is 0 Å². The van der Waals surface area contributed by atoms with E-state index < -0.39 is 149 Å². The summed E-state index contributed by atoms with van der Waals surface area (Å²) >= 11 is 0. The maximum absolute atomic E-state index is 14.4. The Morgan fingerprint density at radius 3 is 0.959 bits per heavy atom. The number of carbonyl (C=O) groups excluding carboxylic acids is 11. The Kier molecular flexibility index (Phi) is 52.3. The van der Waals surface area contributed by atoms with E-state index in [9.17, 15) is 52.7 Å². The van der Waals surface area contributed by atoms with Crippen LogP contribution < -0.4 is 26.6 Å². The second-order valence-corrected chi connectivity index (χ2v) is 36.0. The van der Waals surface area contributed by atoms with Gasteiger partial charge in [0.2, 0.25) is 29.5 Å². The van der Waals surface area contributed by atoms with E-state index in [4.69, 9.17) is 133 Å². The van der Waals surface area contributed by atoms with Crippen LogP contribution in [0.1, 0.15) is 136 Å². The zero-order chi connectivity index (χ0) is 106. The van der Waals surface area contributed by atoms with Crippen molar-refractivity contribution >= 4 is 65.4 Å². The summed E-state index contributed by atoms with van der Waals surface area (Å²) in [7, 11) is 0. The number of fused-ring (bicyclic) bond motifs is 6. The summed E-state index contributed by atoms with van der Waals surface area (Å²) in [5, 5.41) is 40.2. The maximum atomic E-state index is 14.4. The predicted molar refractivity (Wildman–Crippen MR) is 503 cm³/mol. The first-order valence-electron chi connectivity index (χ1n) is 49.8. The lowest BCUT2D eigenvalue weighted by Gasteiger charge is -2.45. The van der Waals surface area contributed by atoms with Crippen molar-refractivity contribution in [3.05, 3.63) is 71.6 Å². The first kappa shape index (κ1) is 120. The average molecular weight is 2110 g/mol. The van der Waals surface area contributed by atoms with Gasteiger partial charge in [0, 0.05) is 88.3 Å². The van der Waals surface area contributed by atoms with Crippen molar-refractivity contribution in [3.63, 3.8) is 0 Å². The van der Waals surface area contributed by atoms with Crippen LogP contribution in [0.25, 0.3) is 0 Å². The Balaban J connectivity index is 0.674. The van der Waals surface area contributed by atoms with Crippen LogP contribution in [-0.2, 0) is 231 Å². The molecule has 4 aromatic rings. The molecule has 0 aliphatic carbocycles. The largest absolute Gasteiger partial charge is 0.456 e. The van der Waals surface area contributed by atoms with E-state index in [-0.39, 0.29) is 236 Å². The van der Waals surface area contributed by atoms with Crippen LogP contribution in [-0.4, -0.2) is 418 Å². The van der Waals surface area contributed by atoms with Crippen LogP contribution in [0, 0.1) is 0 Å². The quantitative estimate of drug-likeness (QED) is 0.0209. The lowest BCUT2D eigenvalue weighted by molar-refractivity contribution is -0.251. The molecule has 5 amide bonds. The maximum Gasteiger partial charge on any atom is 0.303 e. The SMILES string of the molecule is CC(=O)N[C@H]1[C@H]2OC[C@@](COCCOCCOCCOCCn3cc(COCC(COCc4cn(CCOCCOCCOCCOC[C@]56CO[C@@H](O5)[C@H](NC(C)=O)[C@@H](OC(C)=O)[C@H]6OC(C)=O)nn4)(COCc4cn(CCOCCOCCOCCOC[C@@]56CO[C@@H](O5)[C@H](NC(C)=O)[C@@H](OC(C)=O)[C@H]6OC(C)=O)nn4)NC(=O)CCCCCNC(=O)CCCCCOCc4ccccc4)nn3)(O2)[C@H](OC(C)=O)[C@@H]1OC(C)=O. The van der Waals surface area contributed by atoms with Gasteiger partial charge >= 0.3 is 35.8 Å². The smallest absolute Gasteiger partial charge is 0.303 e. The van der Waals surface area contributed by atoms with Gasteiger partial charge in [0.1, 0.15) is 40.7 Å². The van der Waals surface area contributed by atoms with Crippen molar-refractivity contribution in [1.29, 1.82) is 0 Å². The second kappa shape index (κ2) is 64.6. The van der Waals surface area contributed by atoms with Gasteiger partial charge in [-0.3, -0.25) is 52.7 Å². The molecule has 3 aromatic heterocycles. The molecule has 6 bridgehead atoms. The number of nitrogens with one attached hydrogen (secondary N) is 5. The lowest BCUT2D eigenvalue weighted by atomic mass is 9.87. The van der Waals surface area contributed by atoms with E-state index in [0.29, 0.717) is 82.2 Å². The van der Waals surface area contributed by atoms with E-state index in [1.807, 2.05) is 30.3 Å². The van der Waals surface area contributed by atoms with Gasteiger partial charge < -0.3 is 159 Å². The Labute approximate surface area is 857 Å². The molecule has 6 aliphatic heterocycles. The van der Waals surface area contributed by atoms with Crippen molar-refractivity contribution in [3.8, 4) is 0 Å². The predicted octanol–water partition coefficient (Wildman–Crippen LogP) is -0.600. The third kappa shape index (κ3) is 41.6. The number of unbranched alkanes of at least 4 members (excludes halogenated alkanes) is 4. The molecule has 6 aliphatic rings. The summed E-state index contributed by atoms with van der Waals surface area (Å²) in [6.07, 6.45) is 0.0555. The van der Waals surface area contributed by atoms with Gasteiger partial charge in [0.25, 0.3) is 0 Å². The Hall–Kier alpha value is -10.1. The summed E-state index contributed by atoms with van der Waals surface area (Å²) in [5.41, 5.74) is -2.83. The first-order chi connectivity index (χ1) is 71.5. The molecule has 9 heterocycles. The molecule has 0 spiro atoms.